The van der Waals surface area contributed by atoms with Gasteiger partial charge in [-0.1, -0.05) is 0 Å². The molecule has 3 rings (SSSR count). The number of likely N-dealkylation sites (tertiary alicyclic amines) is 1. The van der Waals surface area contributed by atoms with Gasteiger partial charge in [-0.05, 0) is 38.2 Å². The molecule has 0 aromatic carbocycles. The van der Waals surface area contributed by atoms with Crippen molar-refractivity contribution >= 4 is 28.2 Å². The Hall–Kier alpha value is -1.56. The lowest BCUT2D eigenvalue weighted by Gasteiger charge is -2.15. The predicted octanol–water partition coefficient (Wildman–Crippen LogP) is 1.77. The average molecular weight is 293 g/mol. The number of nitrogens with two attached hydrogens (primary N) is 1. The van der Waals surface area contributed by atoms with Crippen molar-refractivity contribution in [3.8, 4) is 0 Å². The second-order valence-electron chi connectivity index (χ2n) is 5.54. The number of carbonyl (C=O) groups excluding carboxylic acids is 2. The summed E-state index contributed by atoms with van der Waals surface area (Å²) in [6, 6.07) is 0.308. The highest BCUT2D eigenvalue weighted by molar-refractivity contribution is 7.18. The summed E-state index contributed by atoms with van der Waals surface area (Å²) in [5, 5.41) is 3.41. The van der Waals surface area contributed by atoms with E-state index in [-0.39, 0.29) is 11.8 Å². The van der Waals surface area contributed by atoms with Gasteiger partial charge in [0, 0.05) is 19.1 Å². The summed E-state index contributed by atoms with van der Waals surface area (Å²) < 4.78 is 0. The number of hydrogen-bond acceptors (Lipinski definition) is 4. The van der Waals surface area contributed by atoms with Crippen LogP contribution in [0.1, 0.15) is 51.3 Å². The smallest absolute Gasteiger partial charge is 0.261 e. The van der Waals surface area contributed by atoms with Crippen molar-refractivity contribution < 1.29 is 9.59 Å². The Morgan fingerprint density at radius 2 is 1.95 bits per heavy atom. The molecule has 2 heterocycles. The fraction of sp³-hybridized carbons (Fsp3) is 0.571. The molecule has 0 radical (unpaired) electrons. The first kappa shape index (κ1) is 13.4. The maximum absolute atomic E-state index is 12.5. The van der Waals surface area contributed by atoms with E-state index >= 15 is 0 Å². The molecule has 108 valence electrons. The molecule has 1 saturated carbocycles. The van der Waals surface area contributed by atoms with Gasteiger partial charge in [0.2, 0.25) is 0 Å². The summed E-state index contributed by atoms with van der Waals surface area (Å²) in [5.41, 5.74) is 7.24. The quantitative estimate of drug-likeness (QED) is 0.891. The molecule has 1 aromatic heterocycles. The van der Waals surface area contributed by atoms with Crippen molar-refractivity contribution in [1.82, 2.24) is 10.2 Å². The molecule has 0 unspecified atom stereocenters. The van der Waals surface area contributed by atoms with Gasteiger partial charge in [-0.3, -0.25) is 9.59 Å². The lowest BCUT2D eigenvalue weighted by atomic mass is 10.1. The summed E-state index contributed by atoms with van der Waals surface area (Å²) in [7, 11) is 0. The van der Waals surface area contributed by atoms with Crippen molar-refractivity contribution in [2.45, 2.75) is 38.6 Å². The number of nitrogen functional groups attached to an aromatic ring is 1. The minimum Gasteiger partial charge on any atom is -0.390 e. The number of anilines is 1. The molecular weight excluding hydrogens is 274 g/mol. The molecule has 1 saturated heterocycles. The van der Waals surface area contributed by atoms with E-state index in [4.69, 9.17) is 5.73 Å². The third kappa shape index (κ3) is 2.40. The molecule has 3 N–H and O–H groups in total. The number of rotatable bonds is 3. The van der Waals surface area contributed by atoms with Gasteiger partial charge >= 0.3 is 0 Å². The second-order valence-corrected chi connectivity index (χ2v) is 6.59. The van der Waals surface area contributed by atoms with Gasteiger partial charge in [-0.25, -0.2) is 0 Å². The highest BCUT2D eigenvalue weighted by atomic mass is 32.1. The summed E-state index contributed by atoms with van der Waals surface area (Å²) in [6.07, 6.45) is 4.18. The summed E-state index contributed by atoms with van der Waals surface area (Å²) in [6.45, 7) is 3.40. The topological polar surface area (TPSA) is 75.4 Å². The van der Waals surface area contributed by atoms with Crippen LogP contribution < -0.4 is 11.1 Å². The largest absolute Gasteiger partial charge is 0.390 e. The Morgan fingerprint density at radius 1 is 1.30 bits per heavy atom. The van der Waals surface area contributed by atoms with Gasteiger partial charge in [-0.15, -0.1) is 11.3 Å². The van der Waals surface area contributed by atoms with Crippen molar-refractivity contribution in [1.29, 1.82) is 0 Å². The van der Waals surface area contributed by atoms with Crippen molar-refractivity contribution in [3.63, 3.8) is 0 Å². The fourth-order valence-electron chi connectivity index (χ4n) is 2.58. The van der Waals surface area contributed by atoms with Gasteiger partial charge in [0.1, 0.15) is 0 Å². The molecule has 1 aromatic rings. The molecule has 20 heavy (non-hydrogen) atoms. The molecule has 0 atom stereocenters. The molecular formula is C14H19N3O2S. The zero-order valence-electron chi connectivity index (χ0n) is 11.6. The van der Waals surface area contributed by atoms with Crippen LogP contribution in [-0.4, -0.2) is 35.8 Å². The summed E-state index contributed by atoms with van der Waals surface area (Å²) >= 11 is 1.22. The second kappa shape index (κ2) is 5.09. The van der Waals surface area contributed by atoms with Crippen molar-refractivity contribution in [2.75, 3.05) is 18.8 Å². The minimum atomic E-state index is -0.0952. The normalized spacial score (nSPS) is 18.4. The molecule has 0 bridgehead atoms. The number of thiophene rings is 1. The van der Waals surface area contributed by atoms with Gasteiger partial charge in [0.05, 0.1) is 15.4 Å². The van der Waals surface area contributed by atoms with Crippen LogP contribution in [0.2, 0.25) is 0 Å². The number of carbonyl (C=O) groups is 2. The highest BCUT2D eigenvalue weighted by Crippen LogP contribution is 2.33. The number of nitrogens with one attached hydrogen (secondary N) is 1. The van der Waals surface area contributed by atoms with E-state index in [9.17, 15) is 9.59 Å². The molecule has 5 nitrogen and oxygen atoms in total. The molecule has 1 aliphatic carbocycles. The van der Waals surface area contributed by atoms with Crippen LogP contribution in [0.4, 0.5) is 5.00 Å². The van der Waals surface area contributed by atoms with E-state index in [1.54, 1.807) is 0 Å². The van der Waals surface area contributed by atoms with Gasteiger partial charge in [0.25, 0.3) is 11.8 Å². The zero-order valence-corrected chi connectivity index (χ0v) is 12.4. The number of nitrogens with zero attached hydrogens (tertiary/aromatic N) is 1. The first-order chi connectivity index (χ1) is 9.58. The van der Waals surface area contributed by atoms with E-state index in [2.05, 4.69) is 5.32 Å². The summed E-state index contributed by atoms with van der Waals surface area (Å²) in [4.78, 5) is 27.0. The number of hydrogen-bond donors (Lipinski definition) is 2. The Bertz CT molecular complexity index is 557. The Balaban J connectivity index is 1.85. The van der Waals surface area contributed by atoms with Crippen LogP contribution >= 0.6 is 11.3 Å². The van der Waals surface area contributed by atoms with Crippen LogP contribution in [0.15, 0.2) is 0 Å². The van der Waals surface area contributed by atoms with Crippen LogP contribution in [0.5, 0.6) is 0 Å². The van der Waals surface area contributed by atoms with Gasteiger partial charge in [0.15, 0.2) is 0 Å². The molecule has 2 aliphatic rings. The molecule has 1 aliphatic heterocycles. The van der Waals surface area contributed by atoms with E-state index < -0.39 is 0 Å². The molecule has 6 heteroatoms. The Morgan fingerprint density at radius 3 is 2.55 bits per heavy atom. The third-order valence-electron chi connectivity index (χ3n) is 3.90. The predicted molar refractivity (Wildman–Crippen MR) is 79.1 cm³/mol. The SMILES string of the molecule is Cc1c(C(=O)NC2CC2)sc(N)c1C(=O)N1CCCC1. The van der Waals surface area contributed by atoms with Crippen LogP contribution in [0.25, 0.3) is 0 Å². The molecule has 2 amide bonds. The first-order valence-electron chi connectivity index (χ1n) is 7.07. The van der Waals surface area contributed by atoms with E-state index in [0.717, 1.165) is 44.3 Å². The van der Waals surface area contributed by atoms with Crippen molar-refractivity contribution in [3.05, 3.63) is 16.0 Å². The summed E-state index contributed by atoms with van der Waals surface area (Å²) in [5.74, 6) is -0.124. The third-order valence-corrected chi connectivity index (χ3v) is 5.02. The van der Waals surface area contributed by atoms with Crippen molar-refractivity contribution in [2.24, 2.45) is 0 Å². The van der Waals surface area contributed by atoms with E-state index in [1.165, 1.54) is 11.3 Å². The van der Waals surface area contributed by atoms with Gasteiger partial charge < -0.3 is 16.0 Å². The Kier molecular flexibility index (Phi) is 3.41. The van der Waals surface area contributed by atoms with Gasteiger partial charge in [-0.2, -0.15) is 0 Å². The monoisotopic (exact) mass is 293 g/mol. The van der Waals surface area contributed by atoms with Crippen LogP contribution in [0.3, 0.4) is 0 Å². The minimum absolute atomic E-state index is 0.0285. The van der Waals surface area contributed by atoms with Crippen LogP contribution in [-0.2, 0) is 0 Å². The standard InChI is InChI=1S/C14H19N3O2S/c1-8-10(14(19)17-6-2-3-7-17)12(15)20-11(8)13(18)16-9-4-5-9/h9H,2-7,15H2,1H3,(H,16,18). The van der Waals surface area contributed by atoms with Crippen LogP contribution in [0, 0.1) is 6.92 Å². The highest BCUT2D eigenvalue weighted by Gasteiger charge is 2.30. The lowest BCUT2D eigenvalue weighted by Crippen LogP contribution is -2.29. The zero-order chi connectivity index (χ0) is 14.3. The molecule has 0 spiro atoms. The molecule has 2 fully saturated rings. The fourth-order valence-corrected chi connectivity index (χ4v) is 3.54. The first-order valence-corrected chi connectivity index (χ1v) is 7.88. The maximum Gasteiger partial charge on any atom is 0.261 e. The average Bonchev–Trinajstić information content (AvgIpc) is 2.95. The van der Waals surface area contributed by atoms with E-state index in [1.807, 2.05) is 11.8 Å². The maximum atomic E-state index is 12.5. The van der Waals surface area contributed by atoms with E-state index in [0.29, 0.717) is 21.5 Å². The lowest BCUT2D eigenvalue weighted by molar-refractivity contribution is 0.0793. The number of amides is 2. The Labute approximate surface area is 122 Å².